The lowest BCUT2D eigenvalue weighted by Gasteiger charge is -2.24. The molecule has 0 bridgehead atoms. The summed E-state index contributed by atoms with van der Waals surface area (Å²) >= 11 is 0. The van der Waals surface area contributed by atoms with E-state index in [0.29, 0.717) is 6.42 Å². The van der Waals surface area contributed by atoms with E-state index in [1.54, 1.807) is 0 Å². The van der Waals surface area contributed by atoms with Gasteiger partial charge in [0.05, 0.1) is 0 Å². The van der Waals surface area contributed by atoms with Gasteiger partial charge in [-0.3, -0.25) is 4.79 Å². The number of carboxylic acids is 1. The molecule has 0 aliphatic carbocycles. The Morgan fingerprint density at radius 3 is 2.30 bits per heavy atom. The van der Waals surface area contributed by atoms with Crippen LogP contribution in [-0.4, -0.2) is 11.1 Å². The van der Waals surface area contributed by atoms with Crippen LogP contribution < -0.4 is 4.74 Å². The molecule has 23 heavy (non-hydrogen) atoms. The molecule has 3 heteroatoms. The highest BCUT2D eigenvalue weighted by Gasteiger charge is 2.20. The summed E-state index contributed by atoms with van der Waals surface area (Å²) < 4.78 is 6.13. The Bertz CT molecular complexity index is 679. The Balaban J connectivity index is 2.21. The molecule has 2 aromatic rings. The molecule has 0 fully saturated rings. The Hall–Kier alpha value is -2.29. The van der Waals surface area contributed by atoms with Gasteiger partial charge in [0, 0.05) is 12.0 Å². The molecule has 122 valence electrons. The van der Waals surface area contributed by atoms with Crippen molar-refractivity contribution in [1.29, 1.82) is 0 Å². The van der Waals surface area contributed by atoms with Crippen LogP contribution in [0.1, 0.15) is 43.9 Å². The summed E-state index contributed by atoms with van der Waals surface area (Å²) in [5.41, 5.74) is 3.28. The Morgan fingerprint density at radius 2 is 1.74 bits per heavy atom. The van der Waals surface area contributed by atoms with E-state index in [9.17, 15) is 4.79 Å². The number of hydrogen-bond donors (Lipinski definition) is 1. The average molecular weight is 312 g/mol. The van der Waals surface area contributed by atoms with Crippen LogP contribution in [0.25, 0.3) is 0 Å². The molecule has 1 N–H and O–H groups in total. The highest BCUT2D eigenvalue weighted by atomic mass is 16.5. The minimum atomic E-state index is -0.778. The number of hydrogen-bond acceptors (Lipinski definition) is 2. The number of ether oxygens (including phenoxy) is 1. The standard InChI is InChI=1S/C20H24O3/c1-14-6-5-7-17(20(2,3)4)19(14)23-16-11-8-15(9-12-16)10-13-18(21)22/h5-9,11-12H,10,13H2,1-4H3,(H,21,22). The maximum atomic E-state index is 10.6. The van der Waals surface area contributed by atoms with Gasteiger partial charge in [-0.05, 0) is 42.0 Å². The molecule has 0 aliphatic heterocycles. The lowest BCUT2D eigenvalue weighted by molar-refractivity contribution is -0.136. The van der Waals surface area contributed by atoms with Crippen LogP contribution in [0, 0.1) is 6.92 Å². The number of benzene rings is 2. The summed E-state index contributed by atoms with van der Waals surface area (Å²) in [6.45, 7) is 8.56. The predicted octanol–water partition coefficient (Wildman–Crippen LogP) is 5.10. The zero-order valence-corrected chi connectivity index (χ0v) is 14.2. The highest BCUT2D eigenvalue weighted by molar-refractivity contribution is 5.67. The van der Waals surface area contributed by atoms with E-state index < -0.39 is 5.97 Å². The van der Waals surface area contributed by atoms with Crippen LogP contribution in [0.4, 0.5) is 0 Å². The van der Waals surface area contributed by atoms with Crippen molar-refractivity contribution in [3.63, 3.8) is 0 Å². The lowest BCUT2D eigenvalue weighted by atomic mass is 9.85. The summed E-state index contributed by atoms with van der Waals surface area (Å²) in [5, 5.41) is 8.74. The molecule has 0 unspecified atom stereocenters. The summed E-state index contributed by atoms with van der Waals surface area (Å²) in [6, 6.07) is 13.8. The SMILES string of the molecule is Cc1cccc(C(C)(C)C)c1Oc1ccc(CCC(=O)O)cc1. The fourth-order valence-corrected chi connectivity index (χ4v) is 2.47. The van der Waals surface area contributed by atoms with Crippen molar-refractivity contribution in [3.05, 3.63) is 59.2 Å². The van der Waals surface area contributed by atoms with Crippen molar-refractivity contribution in [2.45, 2.75) is 46.0 Å². The van der Waals surface area contributed by atoms with Crippen molar-refractivity contribution in [2.75, 3.05) is 0 Å². The molecule has 2 rings (SSSR count). The van der Waals surface area contributed by atoms with Crippen LogP contribution in [0.3, 0.4) is 0 Å². The zero-order chi connectivity index (χ0) is 17.0. The lowest BCUT2D eigenvalue weighted by Crippen LogP contribution is -2.13. The third-order valence-corrected chi connectivity index (χ3v) is 3.79. The molecule has 2 aromatic carbocycles. The maximum Gasteiger partial charge on any atom is 0.303 e. The molecule has 0 amide bonds. The number of carbonyl (C=O) groups is 1. The van der Waals surface area contributed by atoms with Gasteiger partial charge >= 0.3 is 5.97 Å². The van der Waals surface area contributed by atoms with Gasteiger partial charge in [-0.25, -0.2) is 0 Å². The fourth-order valence-electron chi connectivity index (χ4n) is 2.47. The molecule has 0 radical (unpaired) electrons. The van der Waals surface area contributed by atoms with Gasteiger partial charge in [-0.15, -0.1) is 0 Å². The quantitative estimate of drug-likeness (QED) is 0.835. The van der Waals surface area contributed by atoms with Crippen molar-refractivity contribution in [1.82, 2.24) is 0 Å². The van der Waals surface area contributed by atoms with E-state index in [0.717, 1.165) is 22.6 Å². The van der Waals surface area contributed by atoms with Crippen LogP contribution in [-0.2, 0) is 16.6 Å². The van der Waals surface area contributed by atoms with Crippen LogP contribution in [0.2, 0.25) is 0 Å². The van der Waals surface area contributed by atoms with Gasteiger partial charge in [-0.2, -0.15) is 0 Å². The molecule has 3 nitrogen and oxygen atoms in total. The van der Waals surface area contributed by atoms with E-state index in [2.05, 4.69) is 32.9 Å². The molecule has 0 aliphatic rings. The Morgan fingerprint density at radius 1 is 1.09 bits per heavy atom. The van der Waals surface area contributed by atoms with E-state index in [1.165, 1.54) is 5.56 Å². The summed E-state index contributed by atoms with van der Waals surface area (Å²) in [6.07, 6.45) is 0.680. The van der Waals surface area contributed by atoms with Crippen LogP contribution in [0.15, 0.2) is 42.5 Å². The van der Waals surface area contributed by atoms with Gasteiger partial charge in [0.2, 0.25) is 0 Å². The zero-order valence-electron chi connectivity index (χ0n) is 14.2. The first-order valence-electron chi connectivity index (χ1n) is 7.86. The molecular formula is C20H24O3. The number of aliphatic carboxylic acids is 1. The van der Waals surface area contributed by atoms with Crippen molar-refractivity contribution in [3.8, 4) is 11.5 Å². The van der Waals surface area contributed by atoms with Gasteiger partial charge in [0.25, 0.3) is 0 Å². The van der Waals surface area contributed by atoms with E-state index in [-0.39, 0.29) is 11.8 Å². The molecule has 0 saturated heterocycles. The fraction of sp³-hybridized carbons (Fsp3) is 0.350. The number of rotatable bonds is 5. The minimum Gasteiger partial charge on any atom is -0.481 e. The minimum absolute atomic E-state index is 0.00276. The third kappa shape index (κ3) is 4.59. The van der Waals surface area contributed by atoms with Crippen molar-refractivity contribution in [2.24, 2.45) is 0 Å². The number of carboxylic acid groups (broad SMARTS) is 1. The predicted molar refractivity (Wildman–Crippen MR) is 92.4 cm³/mol. The molecular weight excluding hydrogens is 288 g/mol. The Labute approximate surface area is 137 Å². The number of para-hydroxylation sites is 1. The summed E-state index contributed by atoms with van der Waals surface area (Å²) in [7, 11) is 0. The van der Waals surface area contributed by atoms with E-state index in [1.807, 2.05) is 37.3 Å². The molecule has 0 atom stereocenters. The van der Waals surface area contributed by atoms with E-state index >= 15 is 0 Å². The maximum absolute atomic E-state index is 10.6. The average Bonchev–Trinajstić information content (AvgIpc) is 2.47. The normalized spacial score (nSPS) is 11.3. The molecule has 0 aromatic heterocycles. The first-order valence-corrected chi connectivity index (χ1v) is 7.86. The van der Waals surface area contributed by atoms with E-state index in [4.69, 9.17) is 9.84 Å². The second-order valence-corrected chi connectivity index (χ2v) is 6.84. The van der Waals surface area contributed by atoms with Crippen LogP contribution in [0.5, 0.6) is 11.5 Å². The topological polar surface area (TPSA) is 46.5 Å². The van der Waals surface area contributed by atoms with Crippen molar-refractivity contribution < 1.29 is 14.6 Å². The second-order valence-electron chi connectivity index (χ2n) is 6.84. The molecule has 0 saturated carbocycles. The van der Waals surface area contributed by atoms with Crippen LogP contribution >= 0.6 is 0 Å². The summed E-state index contributed by atoms with van der Waals surface area (Å²) in [4.78, 5) is 10.6. The number of aryl methyl sites for hydroxylation is 2. The first-order chi connectivity index (χ1) is 10.8. The first kappa shape index (κ1) is 17.1. The largest absolute Gasteiger partial charge is 0.481 e. The monoisotopic (exact) mass is 312 g/mol. The third-order valence-electron chi connectivity index (χ3n) is 3.79. The molecule has 0 heterocycles. The Kier molecular flexibility index (Phi) is 5.09. The highest BCUT2D eigenvalue weighted by Crippen LogP contribution is 2.36. The van der Waals surface area contributed by atoms with Gasteiger partial charge in [0.1, 0.15) is 11.5 Å². The van der Waals surface area contributed by atoms with Crippen molar-refractivity contribution >= 4 is 5.97 Å². The second kappa shape index (κ2) is 6.86. The summed E-state index contributed by atoms with van der Waals surface area (Å²) in [5.74, 6) is 0.891. The van der Waals surface area contributed by atoms with Gasteiger partial charge in [0.15, 0.2) is 0 Å². The van der Waals surface area contributed by atoms with Gasteiger partial charge < -0.3 is 9.84 Å². The van der Waals surface area contributed by atoms with Gasteiger partial charge in [-0.1, -0.05) is 51.1 Å². The molecule has 0 spiro atoms. The smallest absolute Gasteiger partial charge is 0.303 e.